The van der Waals surface area contributed by atoms with Gasteiger partial charge >= 0.3 is 0 Å². The average molecular weight is 346 g/mol. The molecule has 0 saturated heterocycles. The number of rotatable bonds is 5. The molecule has 0 aliphatic heterocycles. The van der Waals surface area contributed by atoms with Crippen molar-refractivity contribution in [3.05, 3.63) is 81.5 Å². The van der Waals surface area contributed by atoms with E-state index in [0.29, 0.717) is 16.6 Å². The quantitative estimate of drug-likeness (QED) is 0.627. The van der Waals surface area contributed by atoms with Crippen LogP contribution >= 0.6 is 23.2 Å². The Morgan fingerprint density at radius 2 is 1.70 bits per heavy atom. The van der Waals surface area contributed by atoms with Crippen LogP contribution in [0.5, 0.6) is 0 Å². The van der Waals surface area contributed by atoms with Gasteiger partial charge in [-0.3, -0.25) is 0 Å². The summed E-state index contributed by atoms with van der Waals surface area (Å²) < 4.78 is 5.86. The minimum atomic E-state index is 0.628. The van der Waals surface area contributed by atoms with Gasteiger partial charge in [0.2, 0.25) is 0 Å². The van der Waals surface area contributed by atoms with Gasteiger partial charge in [-0.2, -0.15) is 0 Å². The van der Waals surface area contributed by atoms with Crippen molar-refractivity contribution in [1.82, 2.24) is 5.32 Å². The van der Waals surface area contributed by atoms with Crippen LogP contribution in [0.25, 0.3) is 11.3 Å². The van der Waals surface area contributed by atoms with Crippen molar-refractivity contribution in [3.8, 4) is 11.3 Å². The zero-order valence-corrected chi connectivity index (χ0v) is 14.3. The molecule has 0 amide bonds. The number of aryl methyl sites for hydroxylation is 1. The summed E-state index contributed by atoms with van der Waals surface area (Å²) in [5.74, 6) is 1.59. The van der Waals surface area contributed by atoms with Crippen molar-refractivity contribution in [2.45, 2.75) is 20.0 Å². The van der Waals surface area contributed by atoms with E-state index in [4.69, 9.17) is 27.6 Å². The summed E-state index contributed by atoms with van der Waals surface area (Å²) in [6.07, 6.45) is 0. The number of hydrogen-bond acceptors (Lipinski definition) is 2. The molecular weight excluding hydrogens is 329 g/mol. The smallest absolute Gasteiger partial charge is 0.135 e. The SMILES string of the molecule is Cc1ccc(CNCc2ccc(-c3cc(Cl)ccc3Cl)o2)cc1. The molecule has 4 heteroatoms. The zero-order chi connectivity index (χ0) is 16.2. The van der Waals surface area contributed by atoms with E-state index in [2.05, 4.69) is 36.5 Å². The Kier molecular flexibility index (Phi) is 5.06. The van der Waals surface area contributed by atoms with Gasteiger partial charge in [-0.1, -0.05) is 53.0 Å². The molecule has 0 unspecified atom stereocenters. The average Bonchev–Trinajstić information content (AvgIpc) is 3.00. The maximum Gasteiger partial charge on any atom is 0.135 e. The predicted molar refractivity (Wildman–Crippen MR) is 95.9 cm³/mol. The Morgan fingerprint density at radius 1 is 0.913 bits per heavy atom. The van der Waals surface area contributed by atoms with Gasteiger partial charge in [0.05, 0.1) is 11.6 Å². The summed E-state index contributed by atoms with van der Waals surface area (Å²) >= 11 is 12.2. The number of nitrogens with one attached hydrogen (secondary N) is 1. The van der Waals surface area contributed by atoms with Crippen LogP contribution in [0.2, 0.25) is 10.0 Å². The van der Waals surface area contributed by atoms with Crippen molar-refractivity contribution in [2.75, 3.05) is 0 Å². The van der Waals surface area contributed by atoms with E-state index >= 15 is 0 Å². The first kappa shape index (κ1) is 16.1. The lowest BCUT2D eigenvalue weighted by atomic mass is 10.1. The van der Waals surface area contributed by atoms with Gasteiger partial charge in [-0.25, -0.2) is 0 Å². The lowest BCUT2D eigenvalue weighted by Crippen LogP contribution is -2.11. The molecule has 118 valence electrons. The third-order valence-corrected chi connectivity index (χ3v) is 4.17. The molecule has 1 N–H and O–H groups in total. The van der Waals surface area contributed by atoms with Crippen LogP contribution in [-0.2, 0) is 13.1 Å². The van der Waals surface area contributed by atoms with Crippen LogP contribution in [0.1, 0.15) is 16.9 Å². The first-order valence-electron chi connectivity index (χ1n) is 7.42. The molecule has 23 heavy (non-hydrogen) atoms. The van der Waals surface area contributed by atoms with E-state index in [9.17, 15) is 0 Å². The van der Waals surface area contributed by atoms with Gasteiger partial charge in [0, 0.05) is 17.1 Å². The van der Waals surface area contributed by atoms with Gasteiger partial charge in [0.1, 0.15) is 11.5 Å². The summed E-state index contributed by atoms with van der Waals surface area (Å²) in [6.45, 7) is 3.54. The number of halogens is 2. The molecule has 2 nitrogen and oxygen atoms in total. The lowest BCUT2D eigenvalue weighted by Gasteiger charge is -2.04. The normalized spacial score (nSPS) is 10.9. The highest BCUT2D eigenvalue weighted by Crippen LogP contribution is 2.31. The van der Waals surface area contributed by atoms with Crippen molar-refractivity contribution in [2.24, 2.45) is 0 Å². The van der Waals surface area contributed by atoms with Gasteiger partial charge < -0.3 is 9.73 Å². The lowest BCUT2D eigenvalue weighted by molar-refractivity contribution is 0.493. The predicted octanol–water partition coefficient (Wildman–Crippen LogP) is 5.85. The van der Waals surface area contributed by atoms with E-state index in [1.807, 2.05) is 18.2 Å². The van der Waals surface area contributed by atoms with Gasteiger partial charge in [0.25, 0.3) is 0 Å². The fourth-order valence-corrected chi connectivity index (χ4v) is 2.72. The molecule has 3 rings (SSSR count). The number of benzene rings is 2. The molecule has 0 saturated carbocycles. The van der Waals surface area contributed by atoms with Gasteiger partial charge in [-0.05, 0) is 42.8 Å². The molecule has 0 radical (unpaired) electrons. The minimum Gasteiger partial charge on any atom is -0.460 e. The summed E-state index contributed by atoms with van der Waals surface area (Å²) in [6, 6.07) is 17.7. The molecule has 1 heterocycles. The van der Waals surface area contributed by atoms with Crippen LogP contribution < -0.4 is 5.32 Å². The molecular formula is C19H17Cl2NO. The third-order valence-electron chi connectivity index (χ3n) is 3.60. The molecule has 0 aliphatic carbocycles. The van der Waals surface area contributed by atoms with Crippen LogP contribution in [0.4, 0.5) is 0 Å². The van der Waals surface area contributed by atoms with Crippen LogP contribution in [0.3, 0.4) is 0 Å². The summed E-state index contributed by atoms with van der Waals surface area (Å²) in [7, 11) is 0. The second kappa shape index (κ2) is 7.22. The third kappa shape index (κ3) is 4.17. The van der Waals surface area contributed by atoms with Crippen molar-refractivity contribution in [1.29, 1.82) is 0 Å². The van der Waals surface area contributed by atoms with Crippen LogP contribution in [0, 0.1) is 6.92 Å². The Labute approximate surface area is 146 Å². The van der Waals surface area contributed by atoms with E-state index < -0.39 is 0 Å². The topological polar surface area (TPSA) is 25.2 Å². The second-order valence-corrected chi connectivity index (χ2v) is 6.32. The molecule has 0 aliphatic rings. The number of hydrogen-bond donors (Lipinski definition) is 1. The van der Waals surface area contributed by atoms with Crippen molar-refractivity contribution >= 4 is 23.2 Å². The molecule has 3 aromatic rings. The van der Waals surface area contributed by atoms with E-state index in [0.717, 1.165) is 23.6 Å². The largest absolute Gasteiger partial charge is 0.460 e. The minimum absolute atomic E-state index is 0.628. The molecule has 0 fully saturated rings. The fourth-order valence-electron chi connectivity index (χ4n) is 2.34. The molecule has 1 aromatic heterocycles. The number of furan rings is 1. The van der Waals surface area contributed by atoms with E-state index in [1.54, 1.807) is 12.1 Å². The summed E-state index contributed by atoms with van der Waals surface area (Å²) in [4.78, 5) is 0. The first-order chi connectivity index (χ1) is 11.1. The highest BCUT2D eigenvalue weighted by molar-refractivity contribution is 6.35. The van der Waals surface area contributed by atoms with Gasteiger partial charge in [-0.15, -0.1) is 0 Å². The first-order valence-corrected chi connectivity index (χ1v) is 8.18. The Morgan fingerprint density at radius 3 is 2.48 bits per heavy atom. The highest BCUT2D eigenvalue weighted by atomic mass is 35.5. The Bertz CT molecular complexity index is 793. The zero-order valence-electron chi connectivity index (χ0n) is 12.8. The van der Waals surface area contributed by atoms with Crippen LogP contribution in [-0.4, -0.2) is 0 Å². The standard InChI is InChI=1S/C19H17Cl2NO/c1-13-2-4-14(5-3-13)11-22-12-16-7-9-19(23-16)17-10-15(20)6-8-18(17)21/h2-10,22H,11-12H2,1H3. The van der Waals surface area contributed by atoms with E-state index in [1.165, 1.54) is 11.1 Å². The second-order valence-electron chi connectivity index (χ2n) is 5.48. The van der Waals surface area contributed by atoms with Crippen molar-refractivity contribution < 1.29 is 4.42 Å². The molecule has 0 spiro atoms. The summed E-state index contributed by atoms with van der Waals surface area (Å²) in [5, 5.41) is 4.64. The molecule has 2 aromatic carbocycles. The maximum absolute atomic E-state index is 6.20. The Hall–Kier alpha value is -1.74. The summed E-state index contributed by atoms with van der Waals surface area (Å²) in [5.41, 5.74) is 3.33. The Balaban J connectivity index is 1.63. The van der Waals surface area contributed by atoms with Crippen LogP contribution in [0.15, 0.2) is 59.0 Å². The fraction of sp³-hybridized carbons (Fsp3) is 0.158. The molecule has 0 bridgehead atoms. The molecule has 0 atom stereocenters. The maximum atomic E-state index is 6.20. The van der Waals surface area contributed by atoms with Crippen molar-refractivity contribution in [3.63, 3.8) is 0 Å². The highest BCUT2D eigenvalue weighted by Gasteiger charge is 2.09. The van der Waals surface area contributed by atoms with E-state index in [-0.39, 0.29) is 0 Å². The van der Waals surface area contributed by atoms with Gasteiger partial charge in [0.15, 0.2) is 0 Å². The monoisotopic (exact) mass is 345 g/mol.